The molecule has 21 heteroatoms. The van der Waals surface area contributed by atoms with Crippen LogP contribution in [-0.2, 0) is 14.4 Å². The molecule has 0 radical (unpaired) electrons. The molecule has 2 amide bonds. The molecule has 0 saturated heterocycles. The van der Waals surface area contributed by atoms with E-state index in [9.17, 15) is 50.2 Å². The molecule has 1 aliphatic heterocycles. The zero-order valence-electron chi connectivity index (χ0n) is 23.5. The van der Waals surface area contributed by atoms with Gasteiger partial charge in [-0.1, -0.05) is 0 Å². The quantitative estimate of drug-likeness (QED) is 0.156. The summed E-state index contributed by atoms with van der Waals surface area (Å²) in [7, 11) is 0. The Morgan fingerprint density at radius 2 is 1.81 bits per heavy atom. The van der Waals surface area contributed by atoms with E-state index in [2.05, 4.69) is 41.2 Å². The maximum absolute atomic E-state index is 14.4. The number of fused-ring (bicyclic) bond motifs is 1. The molecule has 0 aliphatic carbocycles. The van der Waals surface area contributed by atoms with Gasteiger partial charge < -0.3 is 36.2 Å². The second-order valence-electron chi connectivity index (χ2n) is 9.41. The topological polar surface area (TPSA) is 207 Å². The minimum Gasteiger partial charge on any atom is -0.481 e. The number of aliphatic imine (C=N–C) groups is 1. The summed E-state index contributed by atoms with van der Waals surface area (Å²) in [5.74, 6) is -6.81. The maximum Gasteiger partial charge on any atom is 0.490 e. The molecule has 7 N–H and O–H groups in total. The first kappa shape index (κ1) is 35.8. The number of aliphatic carboxylic acids is 2. The number of hydrogen-bond donors (Lipinski definition) is 7. The lowest BCUT2D eigenvalue weighted by molar-refractivity contribution is -0.192. The summed E-state index contributed by atoms with van der Waals surface area (Å²) in [6, 6.07) is 4.09. The number of nitrogens with one attached hydrogen (secondary N) is 5. The van der Waals surface area contributed by atoms with Gasteiger partial charge in [0.1, 0.15) is 17.7 Å². The number of carbonyl (C=O) groups excluding carboxylic acids is 2. The summed E-state index contributed by atoms with van der Waals surface area (Å²) in [6.07, 6.45) is -5.47. The molecule has 0 spiro atoms. The van der Waals surface area contributed by atoms with E-state index < -0.39 is 73.3 Å². The molecule has 0 bridgehead atoms. The van der Waals surface area contributed by atoms with Crippen LogP contribution in [0.1, 0.15) is 28.4 Å². The van der Waals surface area contributed by atoms with Crippen molar-refractivity contribution in [1.29, 1.82) is 0 Å². The number of alkyl halides is 6. The number of aromatic amines is 1. The SMILES string of the molecule is O=C(O)C(F)(F)F.O=C(O)CC(NC(=O)CNC(=O)c1cc(NC2=NCC(F)CN2)c2cn[nH]c2c1)c1cc(OC(F)F)ccc1F. The van der Waals surface area contributed by atoms with E-state index in [1.807, 2.05) is 0 Å². The number of benzene rings is 2. The average Bonchev–Trinajstić information content (AvgIpc) is 3.46. The molecule has 14 nitrogen and oxygen atoms in total. The molecule has 254 valence electrons. The number of rotatable bonds is 10. The molecule has 4 rings (SSSR count). The number of carbonyl (C=O) groups is 4. The summed E-state index contributed by atoms with van der Waals surface area (Å²) in [4.78, 5) is 49.7. The van der Waals surface area contributed by atoms with Crippen LogP contribution in [0.4, 0.5) is 36.4 Å². The van der Waals surface area contributed by atoms with Crippen molar-refractivity contribution in [2.45, 2.75) is 31.4 Å². The third-order valence-electron chi connectivity index (χ3n) is 5.95. The molecule has 2 heterocycles. The highest BCUT2D eigenvalue weighted by Crippen LogP contribution is 2.27. The second kappa shape index (κ2) is 15.6. The molecule has 3 aromatic rings. The van der Waals surface area contributed by atoms with E-state index >= 15 is 0 Å². The van der Waals surface area contributed by atoms with Crippen LogP contribution in [0, 0.1) is 5.82 Å². The summed E-state index contributed by atoms with van der Waals surface area (Å²) in [6.45, 7) is -3.80. The van der Waals surface area contributed by atoms with Crippen LogP contribution in [0.25, 0.3) is 10.9 Å². The maximum atomic E-state index is 14.4. The van der Waals surface area contributed by atoms with E-state index in [0.29, 0.717) is 22.5 Å². The van der Waals surface area contributed by atoms with Crippen LogP contribution >= 0.6 is 0 Å². The number of halogens is 7. The molecule has 1 aromatic heterocycles. The number of guanidine groups is 1. The minimum absolute atomic E-state index is 0.0323. The summed E-state index contributed by atoms with van der Waals surface area (Å²) in [5.41, 5.74) is 0.616. The van der Waals surface area contributed by atoms with Gasteiger partial charge in [-0.2, -0.15) is 27.1 Å². The number of H-pyrrole nitrogens is 1. The van der Waals surface area contributed by atoms with E-state index in [1.165, 1.54) is 18.3 Å². The van der Waals surface area contributed by atoms with Crippen molar-refractivity contribution >= 4 is 46.3 Å². The molecule has 0 saturated carbocycles. The normalized spacial score (nSPS) is 15.0. The number of aromatic nitrogens is 2. The Labute approximate surface area is 258 Å². The number of hydrogen-bond acceptors (Lipinski definition) is 9. The van der Waals surface area contributed by atoms with E-state index in [4.69, 9.17) is 9.90 Å². The van der Waals surface area contributed by atoms with E-state index in [0.717, 1.165) is 18.2 Å². The van der Waals surface area contributed by atoms with Crippen molar-refractivity contribution in [3.8, 4) is 5.75 Å². The van der Waals surface area contributed by atoms with Crippen molar-refractivity contribution in [1.82, 2.24) is 26.1 Å². The number of amides is 2. The predicted molar refractivity (Wildman–Crippen MR) is 147 cm³/mol. The Balaban J connectivity index is 0.000000771. The molecule has 1 aliphatic rings. The summed E-state index contributed by atoms with van der Waals surface area (Å²) >= 11 is 0. The third-order valence-corrected chi connectivity index (χ3v) is 5.95. The highest BCUT2D eigenvalue weighted by atomic mass is 19.4. The van der Waals surface area contributed by atoms with Gasteiger partial charge in [0.25, 0.3) is 5.91 Å². The number of anilines is 1. The lowest BCUT2D eigenvalue weighted by Crippen LogP contribution is -2.41. The fourth-order valence-corrected chi connectivity index (χ4v) is 3.90. The molecular formula is C26H24F7N7O7. The first-order valence-corrected chi connectivity index (χ1v) is 13.0. The Hall–Kier alpha value is -5.63. The van der Waals surface area contributed by atoms with Crippen LogP contribution in [0.5, 0.6) is 5.75 Å². The van der Waals surface area contributed by atoms with Crippen LogP contribution < -0.4 is 26.0 Å². The lowest BCUT2D eigenvalue weighted by atomic mass is 10.0. The fourth-order valence-electron chi connectivity index (χ4n) is 3.90. The van der Waals surface area contributed by atoms with E-state index in [1.54, 1.807) is 0 Å². The monoisotopic (exact) mass is 679 g/mol. The van der Waals surface area contributed by atoms with Crippen LogP contribution in [0.3, 0.4) is 0 Å². The molecule has 2 atom stereocenters. The third kappa shape index (κ3) is 10.7. The van der Waals surface area contributed by atoms with Gasteiger partial charge in [0.15, 0.2) is 5.96 Å². The van der Waals surface area contributed by atoms with Crippen LogP contribution in [-0.4, -0.2) is 88.7 Å². The van der Waals surface area contributed by atoms with Gasteiger partial charge in [-0.15, -0.1) is 0 Å². The van der Waals surface area contributed by atoms with Crippen LogP contribution in [0.15, 0.2) is 41.5 Å². The molecule has 47 heavy (non-hydrogen) atoms. The first-order valence-electron chi connectivity index (χ1n) is 13.0. The number of carboxylic acids is 2. The second-order valence-corrected chi connectivity index (χ2v) is 9.41. The Morgan fingerprint density at radius 1 is 1.11 bits per heavy atom. The smallest absolute Gasteiger partial charge is 0.481 e. The Kier molecular flexibility index (Phi) is 11.9. The van der Waals surface area contributed by atoms with Gasteiger partial charge >= 0.3 is 24.7 Å². The van der Waals surface area contributed by atoms with Crippen molar-refractivity contribution in [2.24, 2.45) is 4.99 Å². The minimum atomic E-state index is -5.08. The largest absolute Gasteiger partial charge is 0.490 e. The zero-order valence-corrected chi connectivity index (χ0v) is 23.5. The van der Waals surface area contributed by atoms with Gasteiger partial charge in [0, 0.05) is 16.5 Å². The Bertz CT molecular complexity index is 1650. The van der Waals surface area contributed by atoms with Crippen molar-refractivity contribution in [3.05, 3.63) is 53.5 Å². The molecular weight excluding hydrogens is 655 g/mol. The highest BCUT2D eigenvalue weighted by molar-refractivity contribution is 6.07. The van der Waals surface area contributed by atoms with Crippen LogP contribution in [0.2, 0.25) is 0 Å². The van der Waals surface area contributed by atoms with E-state index in [-0.39, 0.29) is 24.2 Å². The first-order chi connectivity index (χ1) is 22.0. The fraction of sp³-hybridized carbons (Fsp3) is 0.308. The average molecular weight is 680 g/mol. The zero-order chi connectivity index (χ0) is 34.9. The highest BCUT2D eigenvalue weighted by Gasteiger charge is 2.38. The summed E-state index contributed by atoms with van der Waals surface area (Å²) < 4.78 is 88.9. The van der Waals surface area contributed by atoms with Gasteiger partial charge in [0.2, 0.25) is 5.91 Å². The standard InChI is InChI=1S/C24H23F4N7O5.C2HF3O2/c25-12-7-30-24(31-8-12)34-17-3-11(4-19-15(17)9-32-35-19)22(39)29-10-20(36)33-18(6-21(37)38)14-5-13(40-23(27)28)1-2-16(14)26;3-2(4,5)1(6)7/h1-5,9,12,18,23H,6-8,10H2,(H,29,39)(H,32,35)(H,33,36)(H,37,38)(H2,30,31,34);(H,6,7). The van der Waals surface area contributed by atoms with Gasteiger partial charge in [-0.05, 0) is 30.3 Å². The number of ether oxygens (including phenoxy) is 1. The van der Waals surface area contributed by atoms with Crippen molar-refractivity contribution < 1.29 is 64.9 Å². The van der Waals surface area contributed by atoms with Crippen molar-refractivity contribution in [3.63, 3.8) is 0 Å². The molecule has 2 unspecified atom stereocenters. The Morgan fingerprint density at radius 3 is 2.40 bits per heavy atom. The lowest BCUT2D eigenvalue weighted by Gasteiger charge is -2.20. The predicted octanol–water partition coefficient (Wildman–Crippen LogP) is 2.71. The molecule has 0 fully saturated rings. The van der Waals surface area contributed by atoms with Crippen molar-refractivity contribution in [2.75, 3.05) is 25.0 Å². The van der Waals surface area contributed by atoms with Gasteiger partial charge in [-0.25, -0.2) is 18.6 Å². The number of carboxylic acid groups (broad SMARTS) is 2. The summed E-state index contributed by atoms with van der Waals surface area (Å²) in [5, 5.41) is 34.1. The van der Waals surface area contributed by atoms with Gasteiger partial charge in [-0.3, -0.25) is 19.5 Å². The molecule has 2 aromatic carbocycles. The van der Waals surface area contributed by atoms with Gasteiger partial charge in [0.05, 0.1) is 49.5 Å². The number of nitrogens with zero attached hydrogens (tertiary/aromatic N) is 2.